The number of anilines is 3. The third kappa shape index (κ3) is 6.58. The Kier molecular flexibility index (Phi) is 8.15. The summed E-state index contributed by atoms with van der Waals surface area (Å²) < 4.78 is 0. The maximum atomic E-state index is 12.8. The van der Waals surface area contributed by atoms with Crippen LogP contribution >= 0.6 is 23.4 Å². The number of hydrogen-bond donors (Lipinski definition) is 3. The number of thioether (sulfide) groups is 1. The third-order valence-corrected chi connectivity index (χ3v) is 5.92. The number of amides is 1. The molecule has 174 valence electrons. The van der Waals surface area contributed by atoms with Crippen LogP contribution in [0.25, 0.3) is 0 Å². The van der Waals surface area contributed by atoms with E-state index in [1.54, 1.807) is 18.3 Å². The van der Waals surface area contributed by atoms with E-state index in [2.05, 4.69) is 51.7 Å². The number of carbonyl (C=O) groups is 1. The molecule has 3 aromatic rings. The van der Waals surface area contributed by atoms with Gasteiger partial charge in [0.2, 0.25) is 0 Å². The second kappa shape index (κ2) is 10.9. The Hall–Kier alpha value is -2.84. The Morgan fingerprint density at radius 3 is 2.64 bits per heavy atom. The van der Waals surface area contributed by atoms with Crippen LogP contribution in [0.15, 0.2) is 47.9 Å². The minimum Gasteiger partial charge on any atom is -0.382 e. The monoisotopic (exact) mass is 484 g/mol. The summed E-state index contributed by atoms with van der Waals surface area (Å²) >= 11 is 7.77. The van der Waals surface area contributed by atoms with Crippen LogP contribution in [-0.4, -0.2) is 40.7 Å². The van der Waals surface area contributed by atoms with E-state index in [0.717, 1.165) is 22.1 Å². The van der Waals surface area contributed by atoms with E-state index in [1.807, 2.05) is 37.7 Å². The number of rotatable bonds is 8. The molecule has 0 atom stereocenters. The van der Waals surface area contributed by atoms with Crippen molar-refractivity contribution in [2.24, 2.45) is 0 Å². The minimum absolute atomic E-state index is 0.0386. The molecule has 0 spiro atoms. The molecule has 33 heavy (non-hydrogen) atoms. The van der Waals surface area contributed by atoms with E-state index >= 15 is 0 Å². The summed E-state index contributed by atoms with van der Waals surface area (Å²) in [6.45, 7) is 6.96. The highest BCUT2D eigenvalue weighted by Crippen LogP contribution is 2.25. The zero-order chi connectivity index (χ0) is 24.0. The number of carbonyl (C=O) groups excluding carboxylic acids is 1. The summed E-state index contributed by atoms with van der Waals surface area (Å²) in [7, 11) is 1.84. The smallest absolute Gasteiger partial charge is 0.255 e. The van der Waals surface area contributed by atoms with Crippen molar-refractivity contribution in [3.05, 3.63) is 64.6 Å². The molecule has 7 nitrogen and oxygen atoms in total. The van der Waals surface area contributed by atoms with E-state index in [0.29, 0.717) is 35.1 Å². The first-order chi connectivity index (χ1) is 15.7. The number of pyridine rings is 1. The van der Waals surface area contributed by atoms with Crippen LogP contribution in [0.5, 0.6) is 0 Å². The molecular formula is C24H29ClN6OS. The normalized spacial score (nSPS) is 11.2. The summed E-state index contributed by atoms with van der Waals surface area (Å²) in [5.74, 6) is 0.611. The zero-order valence-corrected chi connectivity index (χ0v) is 21.1. The van der Waals surface area contributed by atoms with Crippen LogP contribution in [0.2, 0.25) is 5.15 Å². The van der Waals surface area contributed by atoms with Crippen LogP contribution in [0.1, 0.15) is 42.3 Å². The van der Waals surface area contributed by atoms with Crippen molar-refractivity contribution < 1.29 is 4.79 Å². The van der Waals surface area contributed by atoms with Gasteiger partial charge in [0.1, 0.15) is 5.82 Å². The summed E-state index contributed by atoms with van der Waals surface area (Å²) in [6, 6.07) is 9.44. The average Bonchev–Trinajstić information content (AvgIpc) is 2.80. The van der Waals surface area contributed by atoms with Crippen molar-refractivity contribution in [1.29, 1.82) is 0 Å². The number of benzene rings is 1. The predicted octanol–water partition coefficient (Wildman–Crippen LogP) is 5.49. The van der Waals surface area contributed by atoms with Gasteiger partial charge in [0.25, 0.3) is 5.91 Å². The lowest BCUT2D eigenvalue weighted by Crippen LogP contribution is -2.16. The van der Waals surface area contributed by atoms with Gasteiger partial charge in [-0.1, -0.05) is 56.3 Å². The summed E-state index contributed by atoms with van der Waals surface area (Å²) in [5.41, 5.74) is 3.86. The fourth-order valence-electron chi connectivity index (χ4n) is 3.19. The molecule has 2 heterocycles. The van der Waals surface area contributed by atoms with E-state index in [-0.39, 0.29) is 11.3 Å². The fourth-order valence-corrected chi connectivity index (χ4v) is 3.70. The highest BCUT2D eigenvalue weighted by Gasteiger charge is 2.16. The van der Waals surface area contributed by atoms with Crippen LogP contribution in [0, 0.1) is 0 Å². The first-order valence-electron chi connectivity index (χ1n) is 10.6. The fraction of sp³-hybridized carbons (Fsp3) is 0.333. The van der Waals surface area contributed by atoms with Crippen molar-refractivity contribution in [3.8, 4) is 0 Å². The molecule has 0 bridgehead atoms. The van der Waals surface area contributed by atoms with Gasteiger partial charge >= 0.3 is 0 Å². The molecule has 2 aromatic heterocycles. The highest BCUT2D eigenvalue weighted by molar-refractivity contribution is 7.98. The molecule has 0 aliphatic heterocycles. The Balaban J connectivity index is 1.67. The highest BCUT2D eigenvalue weighted by atomic mass is 35.5. The van der Waals surface area contributed by atoms with Crippen LogP contribution < -0.4 is 16.0 Å². The van der Waals surface area contributed by atoms with Crippen LogP contribution in [0.4, 0.5) is 17.2 Å². The van der Waals surface area contributed by atoms with Gasteiger partial charge in [-0.05, 0) is 41.9 Å². The first kappa shape index (κ1) is 24.8. The van der Waals surface area contributed by atoms with Gasteiger partial charge < -0.3 is 16.0 Å². The predicted molar refractivity (Wildman–Crippen MR) is 138 cm³/mol. The molecule has 0 saturated carbocycles. The molecule has 0 aliphatic carbocycles. The quantitative estimate of drug-likeness (QED) is 0.221. The summed E-state index contributed by atoms with van der Waals surface area (Å²) in [4.78, 5) is 25.8. The van der Waals surface area contributed by atoms with Gasteiger partial charge in [-0.2, -0.15) is 0 Å². The Labute approximate surface area is 204 Å². The lowest BCUT2D eigenvalue weighted by Gasteiger charge is -2.19. The maximum Gasteiger partial charge on any atom is 0.255 e. The third-order valence-electron chi connectivity index (χ3n) is 5.06. The largest absolute Gasteiger partial charge is 0.382 e. The van der Waals surface area contributed by atoms with Gasteiger partial charge in [-0.3, -0.25) is 4.79 Å². The van der Waals surface area contributed by atoms with Gasteiger partial charge in [0, 0.05) is 30.9 Å². The second-order valence-electron chi connectivity index (χ2n) is 8.50. The maximum absolute atomic E-state index is 12.8. The number of nitrogens with zero attached hydrogens (tertiary/aromatic N) is 3. The summed E-state index contributed by atoms with van der Waals surface area (Å²) in [5, 5.41) is 10.4. The number of aromatic nitrogens is 3. The molecule has 0 fully saturated rings. The molecule has 0 saturated heterocycles. The SMILES string of the molecule is CNc1nc(SC)ncc1CCNc1cc(NC(=O)c2cccc(C(C)(C)C)c2)cnc1Cl. The van der Waals surface area contributed by atoms with Crippen molar-refractivity contribution in [2.45, 2.75) is 37.8 Å². The lowest BCUT2D eigenvalue weighted by atomic mass is 9.86. The van der Waals surface area contributed by atoms with Crippen molar-refractivity contribution in [3.63, 3.8) is 0 Å². The molecule has 9 heteroatoms. The van der Waals surface area contributed by atoms with Gasteiger partial charge in [-0.25, -0.2) is 15.0 Å². The van der Waals surface area contributed by atoms with Gasteiger partial charge in [0.15, 0.2) is 10.3 Å². The van der Waals surface area contributed by atoms with E-state index in [9.17, 15) is 4.79 Å². The number of hydrogen-bond acceptors (Lipinski definition) is 7. The van der Waals surface area contributed by atoms with Gasteiger partial charge in [-0.15, -0.1) is 0 Å². The van der Waals surface area contributed by atoms with E-state index in [1.165, 1.54) is 11.8 Å². The molecule has 1 amide bonds. The topological polar surface area (TPSA) is 91.8 Å². The van der Waals surface area contributed by atoms with Crippen molar-refractivity contribution in [1.82, 2.24) is 15.0 Å². The molecule has 1 aromatic carbocycles. The van der Waals surface area contributed by atoms with E-state index in [4.69, 9.17) is 11.6 Å². The Morgan fingerprint density at radius 2 is 1.94 bits per heavy atom. The zero-order valence-electron chi connectivity index (χ0n) is 19.5. The van der Waals surface area contributed by atoms with Crippen LogP contribution in [0.3, 0.4) is 0 Å². The standard InChI is InChI=1S/C24H29ClN6OS/c1-24(2,3)17-8-6-7-15(11-17)22(32)30-18-12-19(20(25)28-14-18)27-10-9-16-13-29-23(33-5)31-21(16)26-4/h6-8,11-14,27H,9-10H2,1-5H3,(H,30,32)(H,26,29,31). The average molecular weight is 485 g/mol. The second-order valence-corrected chi connectivity index (χ2v) is 9.64. The molecule has 0 radical (unpaired) electrons. The van der Waals surface area contributed by atoms with E-state index < -0.39 is 0 Å². The lowest BCUT2D eigenvalue weighted by molar-refractivity contribution is 0.102. The Morgan fingerprint density at radius 1 is 1.15 bits per heavy atom. The number of nitrogens with one attached hydrogen (secondary N) is 3. The number of halogens is 1. The van der Waals surface area contributed by atoms with Gasteiger partial charge in [0.05, 0.1) is 17.6 Å². The molecule has 0 aliphatic rings. The van der Waals surface area contributed by atoms with Crippen molar-refractivity contribution >= 4 is 46.5 Å². The summed E-state index contributed by atoms with van der Waals surface area (Å²) in [6.07, 6.45) is 6.01. The molecular weight excluding hydrogens is 456 g/mol. The molecule has 3 rings (SSSR count). The van der Waals surface area contributed by atoms with Crippen LogP contribution in [-0.2, 0) is 11.8 Å². The first-order valence-corrected chi connectivity index (χ1v) is 12.2. The minimum atomic E-state index is -0.194. The molecule has 0 unspecified atom stereocenters. The van der Waals surface area contributed by atoms with Crippen molar-refractivity contribution in [2.75, 3.05) is 35.8 Å². The Bertz CT molecular complexity index is 1130. The molecule has 3 N–H and O–H groups in total.